The normalized spacial score (nSPS) is 14.7. The number of hydrogen-bond acceptors (Lipinski definition) is 5. The fourth-order valence-electron chi connectivity index (χ4n) is 3.99. The molecule has 170 valence electrons. The summed E-state index contributed by atoms with van der Waals surface area (Å²) in [5.41, 5.74) is 2.27. The molecule has 1 aliphatic heterocycles. The lowest BCUT2D eigenvalue weighted by atomic mass is 10.2. The molecule has 6 nitrogen and oxygen atoms in total. The Hall–Kier alpha value is -3.40. The highest BCUT2D eigenvalue weighted by atomic mass is 32.1. The summed E-state index contributed by atoms with van der Waals surface area (Å²) in [6, 6.07) is 8.96. The lowest BCUT2D eigenvalue weighted by molar-refractivity contribution is 0.0766. The van der Waals surface area contributed by atoms with E-state index in [1.54, 1.807) is 21.7 Å². The smallest absolute Gasteiger partial charge is 0.254 e. The van der Waals surface area contributed by atoms with Crippen molar-refractivity contribution in [3.8, 4) is 5.69 Å². The molecular formula is C23H20F3N5OS. The largest absolute Gasteiger partial charge is 0.346 e. The number of aromatic nitrogens is 3. The van der Waals surface area contributed by atoms with Gasteiger partial charge in [0.25, 0.3) is 5.91 Å². The first-order valence-electron chi connectivity index (χ1n) is 10.5. The number of carbonyl (C=O) groups is 1. The van der Waals surface area contributed by atoms with Crippen LogP contribution in [0.1, 0.15) is 22.5 Å². The number of halogens is 3. The van der Waals surface area contributed by atoms with Gasteiger partial charge in [0, 0.05) is 37.8 Å². The SMILES string of the molecule is Cc1nn(-c2ccc(F)cc2)c2nc(N3CCCN(C(=O)c4cc(F)cc(F)c4)CC3)sc12. The summed E-state index contributed by atoms with van der Waals surface area (Å²) < 4.78 is 43.1. The van der Waals surface area contributed by atoms with Crippen LogP contribution in [-0.2, 0) is 0 Å². The minimum Gasteiger partial charge on any atom is -0.346 e. The van der Waals surface area contributed by atoms with Crippen molar-refractivity contribution in [2.45, 2.75) is 13.3 Å². The second-order valence-electron chi connectivity index (χ2n) is 7.91. The van der Waals surface area contributed by atoms with E-state index in [1.807, 2.05) is 6.92 Å². The van der Waals surface area contributed by atoms with Crippen LogP contribution in [0.15, 0.2) is 42.5 Å². The monoisotopic (exact) mass is 471 g/mol. The molecule has 0 unspecified atom stereocenters. The predicted octanol–water partition coefficient (Wildman–Crippen LogP) is 4.56. The van der Waals surface area contributed by atoms with Gasteiger partial charge >= 0.3 is 0 Å². The minimum atomic E-state index is -0.769. The van der Waals surface area contributed by atoms with Crippen LogP contribution < -0.4 is 4.90 Å². The summed E-state index contributed by atoms with van der Waals surface area (Å²) in [5.74, 6) is -2.24. The van der Waals surface area contributed by atoms with Crippen molar-refractivity contribution in [3.05, 3.63) is 71.2 Å². The standard InChI is InChI=1S/C23H20F3N5OS/c1-14-20-21(31(28-14)19-5-3-16(24)4-6-19)27-23(33-20)30-8-2-7-29(9-10-30)22(32)15-11-17(25)13-18(26)12-15/h3-6,11-13H,2,7-10H2,1H3. The molecule has 1 aliphatic rings. The summed E-state index contributed by atoms with van der Waals surface area (Å²) in [7, 11) is 0. The molecule has 0 bridgehead atoms. The second kappa shape index (κ2) is 8.51. The molecule has 2 aromatic carbocycles. The molecular weight excluding hydrogens is 451 g/mol. The third-order valence-electron chi connectivity index (χ3n) is 5.61. The third kappa shape index (κ3) is 4.18. The molecule has 0 radical (unpaired) electrons. The number of benzene rings is 2. The first kappa shape index (κ1) is 21.4. The fraction of sp³-hybridized carbons (Fsp3) is 0.261. The van der Waals surface area contributed by atoms with Crippen molar-refractivity contribution >= 4 is 32.7 Å². The summed E-state index contributed by atoms with van der Waals surface area (Å²) >= 11 is 1.52. The van der Waals surface area contributed by atoms with Crippen LogP contribution in [0.5, 0.6) is 0 Å². The van der Waals surface area contributed by atoms with Gasteiger partial charge in [0.05, 0.1) is 16.1 Å². The van der Waals surface area contributed by atoms with Gasteiger partial charge in [-0.15, -0.1) is 0 Å². The average molecular weight is 472 g/mol. The molecule has 10 heteroatoms. The van der Waals surface area contributed by atoms with E-state index in [0.717, 1.165) is 39.4 Å². The van der Waals surface area contributed by atoms with Crippen LogP contribution in [0, 0.1) is 24.4 Å². The maximum atomic E-state index is 13.5. The molecule has 2 aromatic heterocycles. The van der Waals surface area contributed by atoms with Crippen LogP contribution in [0.3, 0.4) is 0 Å². The average Bonchev–Trinajstić information content (AvgIpc) is 3.24. The van der Waals surface area contributed by atoms with Gasteiger partial charge in [-0.05, 0) is 49.7 Å². The molecule has 1 amide bonds. The van der Waals surface area contributed by atoms with Gasteiger partial charge in [0.1, 0.15) is 17.5 Å². The highest BCUT2D eigenvalue weighted by Gasteiger charge is 2.24. The first-order valence-corrected chi connectivity index (χ1v) is 11.3. The number of fused-ring (bicyclic) bond motifs is 1. The van der Waals surface area contributed by atoms with Gasteiger partial charge in [0.2, 0.25) is 0 Å². The van der Waals surface area contributed by atoms with E-state index in [-0.39, 0.29) is 17.3 Å². The molecule has 0 saturated carbocycles. The van der Waals surface area contributed by atoms with Gasteiger partial charge in [-0.3, -0.25) is 4.79 Å². The highest BCUT2D eigenvalue weighted by Crippen LogP contribution is 2.33. The van der Waals surface area contributed by atoms with Gasteiger partial charge in [-0.1, -0.05) is 11.3 Å². The zero-order chi connectivity index (χ0) is 23.1. The molecule has 0 spiro atoms. The van der Waals surface area contributed by atoms with E-state index in [0.29, 0.717) is 38.2 Å². The number of rotatable bonds is 3. The molecule has 0 atom stereocenters. The maximum absolute atomic E-state index is 13.5. The van der Waals surface area contributed by atoms with E-state index in [4.69, 9.17) is 4.98 Å². The quantitative estimate of drug-likeness (QED) is 0.440. The lowest BCUT2D eigenvalue weighted by Crippen LogP contribution is -2.35. The third-order valence-corrected chi connectivity index (χ3v) is 6.83. The van der Waals surface area contributed by atoms with Crippen molar-refractivity contribution in [3.63, 3.8) is 0 Å². The van der Waals surface area contributed by atoms with Crippen molar-refractivity contribution in [2.75, 3.05) is 31.1 Å². The van der Waals surface area contributed by atoms with Crippen LogP contribution in [0.2, 0.25) is 0 Å². The molecule has 0 aliphatic carbocycles. The Bertz CT molecular complexity index is 1310. The summed E-state index contributed by atoms with van der Waals surface area (Å²) in [6.45, 7) is 4.05. The van der Waals surface area contributed by atoms with Crippen LogP contribution >= 0.6 is 11.3 Å². The van der Waals surface area contributed by atoms with E-state index in [2.05, 4.69) is 10.00 Å². The van der Waals surface area contributed by atoms with E-state index in [9.17, 15) is 18.0 Å². The molecule has 1 fully saturated rings. The summed E-state index contributed by atoms with van der Waals surface area (Å²) in [5, 5.41) is 5.36. The number of carbonyl (C=O) groups excluding carboxylic acids is 1. The van der Waals surface area contributed by atoms with Crippen molar-refractivity contribution in [2.24, 2.45) is 0 Å². The van der Waals surface area contributed by atoms with Gasteiger partial charge in [-0.25, -0.2) is 17.9 Å². The molecule has 0 N–H and O–H groups in total. The highest BCUT2D eigenvalue weighted by molar-refractivity contribution is 7.22. The van der Waals surface area contributed by atoms with Crippen molar-refractivity contribution < 1.29 is 18.0 Å². The molecule has 1 saturated heterocycles. The van der Waals surface area contributed by atoms with Crippen LogP contribution in [0.25, 0.3) is 16.0 Å². The number of anilines is 1. The Labute approximate surface area is 191 Å². The second-order valence-corrected chi connectivity index (χ2v) is 8.89. The van der Waals surface area contributed by atoms with E-state index < -0.39 is 11.6 Å². The Morgan fingerprint density at radius 3 is 2.39 bits per heavy atom. The first-order chi connectivity index (χ1) is 15.9. The topological polar surface area (TPSA) is 54.3 Å². The zero-order valence-corrected chi connectivity index (χ0v) is 18.6. The van der Waals surface area contributed by atoms with E-state index >= 15 is 0 Å². The Balaban J connectivity index is 1.37. The van der Waals surface area contributed by atoms with Gasteiger partial charge < -0.3 is 9.80 Å². The van der Waals surface area contributed by atoms with Crippen molar-refractivity contribution in [1.82, 2.24) is 19.7 Å². The minimum absolute atomic E-state index is 0.0101. The summed E-state index contributed by atoms with van der Waals surface area (Å²) in [6.07, 6.45) is 0.697. The Kier molecular flexibility index (Phi) is 5.53. The number of hydrogen-bond donors (Lipinski definition) is 0. The van der Waals surface area contributed by atoms with Crippen molar-refractivity contribution in [1.29, 1.82) is 0 Å². The van der Waals surface area contributed by atoms with Gasteiger partial charge in [-0.2, -0.15) is 10.1 Å². The molecule has 33 heavy (non-hydrogen) atoms. The Morgan fingerprint density at radius 2 is 1.67 bits per heavy atom. The molecule has 5 rings (SSSR count). The van der Waals surface area contributed by atoms with E-state index in [1.165, 1.54) is 23.5 Å². The van der Waals surface area contributed by atoms with Crippen LogP contribution in [0.4, 0.5) is 18.3 Å². The summed E-state index contributed by atoms with van der Waals surface area (Å²) in [4.78, 5) is 21.3. The molecule has 3 heterocycles. The number of nitrogens with zero attached hydrogens (tertiary/aromatic N) is 5. The predicted molar refractivity (Wildman–Crippen MR) is 121 cm³/mol. The maximum Gasteiger partial charge on any atom is 0.254 e. The number of aryl methyl sites for hydroxylation is 1. The Morgan fingerprint density at radius 1 is 0.939 bits per heavy atom. The number of thiazole rings is 1. The molecule has 4 aromatic rings. The van der Waals surface area contributed by atoms with Gasteiger partial charge in [0.15, 0.2) is 10.8 Å². The fourth-order valence-corrected chi connectivity index (χ4v) is 5.03. The zero-order valence-electron chi connectivity index (χ0n) is 17.8. The van der Waals surface area contributed by atoms with Crippen LogP contribution in [-0.4, -0.2) is 51.8 Å². The number of amides is 1. The lowest BCUT2D eigenvalue weighted by Gasteiger charge is -2.21.